The zero-order chi connectivity index (χ0) is 14.1. The molecule has 2 aromatic carbocycles. The van der Waals surface area contributed by atoms with E-state index in [4.69, 9.17) is 0 Å². The van der Waals surface area contributed by atoms with Crippen molar-refractivity contribution in [1.29, 1.82) is 0 Å². The van der Waals surface area contributed by atoms with E-state index in [0.29, 0.717) is 4.99 Å². The summed E-state index contributed by atoms with van der Waals surface area (Å²) < 4.78 is 0. The van der Waals surface area contributed by atoms with E-state index >= 15 is 0 Å². The number of benzene rings is 2. The highest BCUT2D eigenvalue weighted by molar-refractivity contribution is 8.09. The van der Waals surface area contributed by atoms with Crippen LogP contribution in [0.4, 0.5) is 0 Å². The molecule has 1 saturated carbocycles. The van der Waals surface area contributed by atoms with Gasteiger partial charge in [-0.15, -0.1) is 11.8 Å². The van der Waals surface area contributed by atoms with Crippen molar-refractivity contribution in [3.63, 3.8) is 0 Å². The number of thioether (sulfide) groups is 1. The molecular formula is C19H21PS. The fourth-order valence-corrected chi connectivity index (χ4v) is 10.4. The Morgan fingerprint density at radius 3 is 2.24 bits per heavy atom. The predicted octanol–water partition coefficient (Wildman–Crippen LogP) is 5.55. The predicted molar refractivity (Wildman–Crippen MR) is 95.8 cm³/mol. The van der Waals surface area contributed by atoms with Gasteiger partial charge < -0.3 is 0 Å². The molecule has 2 aromatic rings. The highest BCUT2D eigenvalue weighted by atomic mass is 32.2. The van der Waals surface area contributed by atoms with Gasteiger partial charge in [-0.2, -0.15) is 0 Å². The maximum Gasteiger partial charge on any atom is 0.0542 e. The van der Waals surface area contributed by atoms with Gasteiger partial charge in [-0.05, 0) is 29.4 Å². The average molecular weight is 312 g/mol. The molecule has 1 heterocycles. The molecule has 1 aliphatic carbocycles. The van der Waals surface area contributed by atoms with E-state index in [1.807, 2.05) is 0 Å². The van der Waals surface area contributed by atoms with Crippen LogP contribution in [0.3, 0.4) is 0 Å². The van der Waals surface area contributed by atoms with Crippen LogP contribution in [-0.2, 0) is 0 Å². The van der Waals surface area contributed by atoms with Crippen LogP contribution in [0.5, 0.6) is 0 Å². The maximum absolute atomic E-state index is 2.37. The monoisotopic (exact) mass is 312 g/mol. The van der Waals surface area contributed by atoms with Crippen LogP contribution in [-0.4, -0.2) is 10.9 Å². The molecule has 21 heavy (non-hydrogen) atoms. The Labute approximate surface area is 133 Å². The second-order valence-electron chi connectivity index (χ2n) is 6.03. The van der Waals surface area contributed by atoms with Crippen molar-refractivity contribution in [2.45, 2.75) is 41.6 Å². The Hall–Kier alpha value is -0.780. The summed E-state index contributed by atoms with van der Waals surface area (Å²) in [6.45, 7) is 0. The summed E-state index contributed by atoms with van der Waals surface area (Å²) in [6, 6.07) is 22.6. The molecule has 1 aliphatic heterocycles. The first-order valence-corrected chi connectivity index (χ1v) is 10.4. The van der Waals surface area contributed by atoms with Gasteiger partial charge in [-0.25, -0.2) is 0 Å². The van der Waals surface area contributed by atoms with E-state index in [1.54, 1.807) is 10.9 Å². The number of hydrogen-bond acceptors (Lipinski definition) is 1. The van der Waals surface area contributed by atoms with Crippen molar-refractivity contribution in [3.8, 4) is 0 Å². The van der Waals surface area contributed by atoms with Gasteiger partial charge in [-0.1, -0.05) is 81.4 Å². The molecule has 2 fully saturated rings. The lowest BCUT2D eigenvalue weighted by molar-refractivity contribution is 0.528. The standard InChI is InChI=1S/C19H21PS/c1-3-9-15(10-4-1)19-20(16-11-5-2-6-12-16)17-13-7-8-14-18(17)21-19/h1-6,9-12,17-19H,7-8,13-14H2/t17?,18?,19-,20-/m0/s1. The van der Waals surface area contributed by atoms with Gasteiger partial charge in [0, 0.05) is 5.25 Å². The van der Waals surface area contributed by atoms with E-state index in [9.17, 15) is 0 Å². The highest BCUT2D eigenvalue weighted by Crippen LogP contribution is 2.71. The molecule has 0 bridgehead atoms. The quantitative estimate of drug-likeness (QED) is 0.655. The first-order valence-electron chi connectivity index (χ1n) is 7.97. The fraction of sp³-hybridized carbons (Fsp3) is 0.368. The van der Waals surface area contributed by atoms with Gasteiger partial charge >= 0.3 is 0 Å². The summed E-state index contributed by atoms with van der Waals surface area (Å²) in [6.07, 6.45) is 5.76. The Balaban J connectivity index is 1.74. The van der Waals surface area contributed by atoms with Crippen LogP contribution in [0.1, 0.15) is 36.2 Å². The molecule has 0 aromatic heterocycles. The van der Waals surface area contributed by atoms with Gasteiger partial charge in [0.25, 0.3) is 0 Å². The SMILES string of the molecule is c1ccc([C@@H]2SC3CCCCC3[P@]2c2ccccc2)cc1. The van der Waals surface area contributed by atoms with Crippen LogP contribution < -0.4 is 5.30 Å². The Bertz CT molecular complexity index is 583. The third kappa shape index (κ3) is 2.67. The zero-order valence-corrected chi connectivity index (χ0v) is 13.9. The van der Waals surface area contributed by atoms with Crippen LogP contribution in [0.2, 0.25) is 0 Å². The summed E-state index contributed by atoms with van der Waals surface area (Å²) in [7, 11) is -0.0744. The molecule has 2 aliphatic rings. The summed E-state index contributed by atoms with van der Waals surface area (Å²) in [5.41, 5.74) is 2.48. The van der Waals surface area contributed by atoms with Crippen molar-refractivity contribution in [1.82, 2.24) is 0 Å². The molecule has 2 heteroatoms. The lowest BCUT2D eigenvalue weighted by Gasteiger charge is -2.29. The normalized spacial score (nSPS) is 31.8. The van der Waals surface area contributed by atoms with Gasteiger partial charge in [0.05, 0.1) is 4.99 Å². The van der Waals surface area contributed by atoms with Gasteiger partial charge in [0.15, 0.2) is 0 Å². The molecule has 4 rings (SSSR count). The molecular weight excluding hydrogens is 291 g/mol. The van der Waals surface area contributed by atoms with Crippen molar-refractivity contribution in [3.05, 3.63) is 66.2 Å². The van der Waals surface area contributed by atoms with E-state index in [2.05, 4.69) is 72.4 Å². The van der Waals surface area contributed by atoms with Crippen molar-refractivity contribution in [2.75, 3.05) is 0 Å². The van der Waals surface area contributed by atoms with E-state index < -0.39 is 0 Å². The van der Waals surface area contributed by atoms with Crippen molar-refractivity contribution >= 4 is 25.0 Å². The van der Waals surface area contributed by atoms with Crippen LogP contribution in [0, 0.1) is 0 Å². The smallest absolute Gasteiger partial charge is 0.0542 e. The molecule has 0 radical (unpaired) electrons. The average Bonchev–Trinajstić information content (AvgIpc) is 2.96. The highest BCUT2D eigenvalue weighted by Gasteiger charge is 2.45. The zero-order valence-electron chi connectivity index (χ0n) is 12.2. The molecule has 4 atom stereocenters. The van der Waals surface area contributed by atoms with E-state index in [1.165, 1.54) is 25.7 Å². The number of fused-ring (bicyclic) bond motifs is 1. The molecule has 108 valence electrons. The summed E-state index contributed by atoms with van der Waals surface area (Å²) >= 11 is 2.28. The lowest BCUT2D eigenvalue weighted by atomic mass is 10.00. The van der Waals surface area contributed by atoms with Gasteiger partial charge in [-0.3, -0.25) is 0 Å². The Kier molecular flexibility index (Phi) is 4.05. The number of hydrogen-bond donors (Lipinski definition) is 0. The minimum Gasteiger partial charge on any atom is -0.145 e. The molecule has 0 N–H and O–H groups in total. The topological polar surface area (TPSA) is 0 Å². The first-order chi connectivity index (χ1) is 10.4. The van der Waals surface area contributed by atoms with Crippen molar-refractivity contribution < 1.29 is 0 Å². The van der Waals surface area contributed by atoms with Crippen LogP contribution in [0.15, 0.2) is 60.7 Å². The lowest BCUT2D eigenvalue weighted by Crippen LogP contribution is -2.23. The fourth-order valence-electron chi connectivity index (χ4n) is 3.74. The van der Waals surface area contributed by atoms with E-state index in [-0.39, 0.29) is 7.92 Å². The Morgan fingerprint density at radius 2 is 1.48 bits per heavy atom. The van der Waals surface area contributed by atoms with Gasteiger partial charge in [0.1, 0.15) is 0 Å². The molecule has 0 nitrogen and oxygen atoms in total. The van der Waals surface area contributed by atoms with Gasteiger partial charge in [0.2, 0.25) is 0 Å². The second kappa shape index (κ2) is 6.15. The summed E-state index contributed by atoms with van der Waals surface area (Å²) in [4.78, 5) is 0.705. The molecule has 0 spiro atoms. The number of rotatable bonds is 2. The third-order valence-corrected chi connectivity index (χ3v) is 10.4. The molecule has 2 unspecified atom stereocenters. The third-order valence-electron chi connectivity index (χ3n) is 4.72. The van der Waals surface area contributed by atoms with Crippen LogP contribution >= 0.6 is 19.7 Å². The molecule has 1 saturated heterocycles. The summed E-state index contributed by atoms with van der Waals surface area (Å²) in [5, 5.41) is 2.51. The Morgan fingerprint density at radius 1 is 0.810 bits per heavy atom. The largest absolute Gasteiger partial charge is 0.145 e. The van der Waals surface area contributed by atoms with Crippen molar-refractivity contribution in [2.24, 2.45) is 0 Å². The second-order valence-corrected chi connectivity index (χ2v) is 10.2. The first kappa shape index (κ1) is 13.9. The minimum atomic E-state index is -0.0744. The van der Waals surface area contributed by atoms with E-state index in [0.717, 1.165) is 10.9 Å². The minimum absolute atomic E-state index is 0.0744. The maximum atomic E-state index is 2.37. The molecule has 0 amide bonds. The summed E-state index contributed by atoms with van der Waals surface area (Å²) in [5.74, 6) is 0. The van der Waals surface area contributed by atoms with Crippen LogP contribution in [0.25, 0.3) is 0 Å².